The first-order chi connectivity index (χ1) is 8.72. The topological polar surface area (TPSA) is 83.0 Å². The second kappa shape index (κ2) is 6.15. The molecule has 0 saturated heterocycles. The molecule has 1 aromatic heterocycles. The lowest BCUT2D eigenvalue weighted by atomic mass is 9.85. The van der Waals surface area contributed by atoms with Crippen molar-refractivity contribution in [1.82, 2.24) is 15.0 Å². The number of aromatic nitrogens is 3. The van der Waals surface area contributed by atoms with Gasteiger partial charge in [-0.3, -0.25) is 0 Å². The van der Waals surface area contributed by atoms with Crippen LogP contribution in [0, 0.1) is 5.92 Å². The fourth-order valence-corrected chi connectivity index (χ4v) is 2.47. The van der Waals surface area contributed by atoms with E-state index in [-0.39, 0.29) is 23.9 Å². The summed E-state index contributed by atoms with van der Waals surface area (Å²) >= 11 is 5.83. The van der Waals surface area contributed by atoms with Crippen molar-refractivity contribution in [1.29, 1.82) is 0 Å². The van der Waals surface area contributed by atoms with Crippen molar-refractivity contribution in [2.24, 2.45) is 5.92 Å². The van der Waals surface area contributed by atoms with Gasteiger partial charge in [0, 0.05) is 25.6 Å². The Morgan fingerprint density at radius 1 is 1.22 bits per heavy atom. The SMILES string of the molecule is CNc1nc(Cl)nc(NC2CCCCC2CO)n1. The molecule has 18 heavy (non-hydrogen) atoms. The fraction of sp³-hybridized carbons (Fsp3) is 0.727. The van der Waals surface area contributed by atoms with Crippen molar-refractivity contribution in [2.75, 3.05) is 24.3 Å². The Kier molecular flexibility index (Phi) is 4.54. The maximum absolute atomic E-state index is 9.36. The van der Waals surface area contributed by atoms with Crippen LogP contribution < -0.4 is 10.6 Å². The molecular weight excluding hydrogens is 254 g/mol. The Balaban J connectivity index is 2.09. The highest BCUT2D eigenvalue weighted by atomic mass is 35.5. The van der Waals surface area contributed by atoms with E-state index in [1.807, 2.05) is 0 Å². The molecule has 0 bridgehead atoms. The molecule has 1 aliphatic carbocycles. The van der Waals surface area contributed by atoms with Gasteiger partial charge in [0.2, 0.25) is 17.2 Å². The summed E-state index contributed by atoms with van der Waals surface area (Å²) in [5.74, 6) is 1.16. The van der Waals surface area contributed by atoms with Crippen LogP contribution >= 0.6 is 11.6 Å². The monoisotopic (exact) mass is 271 g/mol. The number of rotatable bonds is 4. The molecular formula is C11H18ClN5O. The highest BCUT2D eigenvalue weighted by molar-refractivity contribution is 6.28. The third kappa shape index (κ3) is 3.20. The van der Waals surface area contributed by atoms with Crippen LogP contribution in [0.4, 0.5) is 11.9 Å². The summed E-state index contributed by atoms with van der Waals surface area (Å²) in [7, 11) is 1.73. The average Bonchev–Trinajstić information content (AvgIpc) is 2.38. The van der Waals surface area contributed by atoms with E-state index >= 15 is 0 Å². The minimum absolute atomic E-state index is 0.160. The molecule has 2 rings (SSSR count). The van der Waals surface area contributed by atoms with E-state index in [1.54, 1.807) is 7.05 Å². The molecule has 100 valence electrons. The average molecular weight is 272 g/mol. The number of nitrogens with one attached hydrogen (secondary N) is 2. The van der Waals surface area contributed by atoms with Crippen molar-refractivity contribution in [2.45, 2.75) is 31.7 Å². The maximum Gasteiger partial charge on any atom is 0.229 e. The summed E-state index contributed by atoms with van der Waals surface area (Å²) in [5.41, 5.74) is 0. The minimum Gasteiger partial charge on any atom is -0.396 e. The molecule has 1 fully saturated rings. The van der Waals surface area contributed by atoms with E-state index in [4.69, 9.17) is 11.6 Å². The Morgan fingerprint density at radius 3 is 2.67 bits per heavy atom. The summed E-state index contributed by atoms with van der Waals surface area (Å²) in [6.07, 6.45) is 4.38. The number of hydrogen-bond donors (Lipinski definition) is 3. The zero-order chi connectivity index (χ0) is 13.0. The highest BCUT2D eigenvalue weighted by Gasteiger charge is 2.25. The number of aliphatic hydroxyl groups excluding tert-OH is 1. The summed E-state index contributed by atoms with van der Waals surface area (Å²) in [4.78, 5) is 12.2. The second-order valence-electron chi connectivity index (χ2n) is 4.48. The summed E-state index contributed by atoms with van der Waals surface area (Å²) in [6.45, 7) is 0.190. The van der Waals surface area contributed by atoms with Gasteiger partial charge in [-0.25, -0.2) is 0 Å². The number of anilines is 2. The Hall–Kier alpha value is -1.14. The number of halogens is 1. The molecule has 0 radical (unpaired) electrons. The van der Waals surface area contributed by atoms with Gasteiger partial charge in [-0.15, -0.1) is 0 Å². The van der Waals surface area contributed by atoms with Gasteiger partial charge in [0.1, 0.15) is 0 Å². The van der Waals surface area contributed by atoms with Gasteiger partial charge in [-0.1, -0.05) is 12.8 Å². The van der Waals surface area contributed by atoms with E-state index < -0.39 is 0 Å². The third-order valence-electron chi connectivity index (χ3n) is 3.29. The number of hydrogen-bond acceptors (Lipinski definition) is 6. The van der Waals surface area contributed by atoms with Crippen LogP contribution in [0.15, 0.2) is 0 Å². The van der Waals surface area contributed by atoms with Gasteiger partial charge in [-0.2, -0.15) is 15.0 Å². The first-order valence-corrected chi connectivity index (χ1v) is 6.57. The van der Waals surface area contributed by atoms with Crippen LogP contribution in [0.3, 0.4) is 0 Å². The van der Waals surface area contributed by atoms with Crippen molar-refractivity contribution < 1.29 is 5.11 Å². The molecule has 1 aromatic rings. The van der Waals surface area contributed by atoms with Crippen molar-refractivity contribution >= 4 is 23.5 Å². The van der Waals surface area contributed by atoms with E-state index in [0.717, 1.165) is 19.3 Å². The molecule has 0 amide bonds. The molecule has 2 unspecified atom stereocenters. The lowest BCUT2D eigenvalue weighted by Crippen LogP contribution is -2.35. The summed E-state index contributed by atoms with van der Waals surface area (Å²) < 4.78 is 0. The molecule has 1 saturated carbocycles. The molecule has 0 aromatic carbocycles. The Labute approximate surface area is 111 Å². The van der Waals surface area contributed by atoms with Gasteiger partial charge in [0.15, 0.2) is 0 Å². The lowest BCUT2D eigenvalue weighted by molar-refractivity contribution is 0.178. The minimum atomic E-state index is 0.160. The predicted molar refractivity (Wildman–Crippen MR) is 70.8 cm³/mol. The van der Waals surface area contributed by atoms with E-state index in [9.17, 15) is 5.11 Å². The zero-order valence-corrected chi connectivity index (χ0v) is 11.1. The van der Waals surface area contributed by atoms with Gasteiger partial charge >= 0.3 is 0 Å². The highest BCUT2D eigenvalue weighted by Crippen LogP contribution is 2.26. The normalized spacial score (nSPS) is 23.7. The second-order valence-corrected chi connectivity index (χ2v) is 4.82. The van der Waals surface area contributed by atoms with E-state index in [1.165, 1.54) is 6.42 Å². The van der Waals surface area contributed by atoms with Gasteiger partial charge < -0.3 is 15.7 Å². The smallest absolute Gasteiger partial charge is 0.229 e. The summed E-state index contributed by atoms with van der Waals surface area (Å²) in [6, 6.07) is 0.201. The van der Waals surface area contributed by atoms with Crippen LogP contribution in [0.1, 0.15) is 25.7 Å². The van der Waals surface area contributed by atoms with Gasteiger partial charge in [0.25, 0.3) is 0 Å². The molecule has 3 N–H and O–H groups in total. The van der Waals surface area contributed by atoms with Crippen LogP contribution in [-0.4, -0.2) is 39.8 Å². The molecule has 0 aliphatic heterocycles. The van der Waals surface area contributed by atoms with Crippen molar-refractivity contribution in [3.63, 3.8) is 0 Å². The van der Waals surface area contributed by atoms with Gasteiger partial charge in [-0.05, 0) is 24.4 Å². The summed E-state index contributed by atoms with van der Waals surface area (Å²) in [5, 5.41) is 15.6. The molecule has 0 spiro atoms. The van der Waals surface area contributed by atoms with Crippen LogP contribution in [0.25, 0.3) is 0 Å². The van der Waals surface area contributed by atoms with Crippen LogP contribution in [0.2, 0.25) is 5.28 Å². The lowest BCUT2D eigenvalue weighted by Gasteiger charge is -2.30. The largest absolute Gasteiger partial charge is 0.396 e. The molecule has 1 heterocycles. The quantitative estimate of drug-likeness (QED) is 0.770. The first kappa shape index (κ1) is 13.3. The molecule has 2 atom stereocenters. The Bertz CT molecular complexity index is 403. The molecule has 6 nitrogen and oxygen atoms in total. The zero-order valence-electron chi connectivity index (χ0n) is 10.4. The predicted octanol–water partition coefficient (Wildman–Crippen LogP) is 1.53. The fourth-order valence-electron chi connectivity index (χ4n) is 2.31. The molecule has 7 heteroatoms. The third-order valence-corrected chi connectivity index (χ3v) is 3.46. The van der Waals surface area contributed by atoms with Gasteiger partial charge in [0.05, 0.1) is 0 Å². The van der Waals surface area contributed by atoms with Crippen LogP contribution in [-0.2, 0) is 0 Å². The van der Waals surface area contributed by atoms with E-state index in [0.29, 0.717) is 11.9 Å². The Morgan fingerprint density at radius 2 is 1.94 bits per heavy atom. The first-order valence-electron chi connectivity index (χ1n) is 6.19. The number of nitrogens with zero attached hydrogens (tertiary/aromatic N) is 3. The van der Waals surface area contributed by atoms with Crippen molar-refractivity contribution in [3.05, 3.63) is 5.28 Å². The van der Waals surface area contributed by atoms with Crippen molar-refractivity contribution in [3.8, 4) is 0 Å². The van der Waals surface area contributed by atoms with Crippen LogP contribution in [0.5, 0.6) is 0 Å². The standard InChI is InChI=1S/C11H18ClN5O/c1-13-10-15-9(12)16-11(17-10)14-8-5-3-2-4-7(8)6-18/h7-8,18H,2-6H2,1H3,(H2,13,14,15,16,17). The number of aliphatic hydroxyl groups is 1. The molecule has 1 aliphatic rings. The maximum atomic E-state index is 9.36. The van der Waals surface area contributed by atoms with E-state index in [2.05, 4.69) is 25.6 Å².